The second-order valence-electron chi connectivity index (χ2n) is 4.05. The van der Waals surface area contributed by atoms with Crippen molar-refractivity contribution in [3.63, 3.8) is 0 Å². The number of ether oxygens (including phenoxy) is 2. The molecule has 20 heavy (non-hydrogen) atoms. The van der Waals surface area contributed by atoms with Gasteiger partial charge in [0.05, 0.1) is 24.8 Å². The Balaban J connectivity index is 2.28. The van der Waals surface area contributed by atoms with Crippen molar-refractivity contribution in [2.24, 2.45) is 0 Å². The number of halogens is 1. The zero-order valence-electron chi connectivity index (χ0n) is 11.1. The molecule has 0 N–H and O–H groups in total. The van der Waals surface area contributed by atoms with Gasteiger partial charge in [0.2, 0.25) is 0 Å². The molecule has 0 amide bonds. The third-order valence-electron chi connectivity index (χ3n) is 2.78. The van der Waals surface area contributed by atoms with Gasteiger partial charge in [-0.2, -0.15) is 0 Å². The summed E-state index contributed by atoms with van der Waals surface area (Å²) in [4.78, 5) is 11.1. The van der Waals surface area contributed by atoms with Gasteiger partial charge < -0.3 is 9.47 Å². The predicted molar refractivity (Wildman–Crippen MR) is 84.0 cm³/mol. The molecule has 0 saturated heterocycles. The molecule has 104 valence electrons. The summed E-state index contributed by atoms with van der Waals surface area (Å²) < 4.78 is 10.3. The molecule has 0 heterocycles. The number of carbonyl (C=O) groups is 1. The quantitative estimate of drug-likeness (QED) is 0.629. The van der Waals surface area contributed by atoms with Crippen LogP contribution in [0.5, 0.6) is 11.5 Å². The van der Waals surface area contributed by atoms with E-state index in [4.69, 9.17) is 21.1 Å². The van der Waals surface area contributed by atoms with Gasteiger partial charge >= 0.3 is 0 Å². The van der Waals surface area contributed by atoms with Crippen LogP contribution < -0.4 is 20.1 Å². The first kappa shape index (κ1) is 14.8. The third-order valence-corrected chi connectivity index (χ3v) is 4.26. The summed E-state index contributed by atoms with van der Waals surface area (Å²) in [5.41, 5.74) is 0.469. The fourth-order valence-corrected chi connectivity index (χ4v) is 3.34. The van der Waals surface area contributed by atoms with Crippen LogP contribution >= 0.6 is 20.2 Å². The minimum absolute atomic E-state index is 0.414. The fraction of sp³-hybridized carbons (Fsp3) is 0.133. The molecule has 1 unspecified atom stereocenters. The Labute approximate surface area is 124 Å². The van der Waals surface area contributed by atoms with Gasteiger partial charge in [0.15, 0.2) is 6.29 Å². The van der Waals surface area contributed by atoms with E-state index in [9.17, 15) is 4.79 Å². The molecule has 2 rings (SSSR count). The van der Waals surface area contributed by atoms with Crippen molar-refractivity contribution < 1.29 is 14.3 Å². The summed E-state index contributed by atoms with van der Waals surface area (Å²) >= 11 is 6.13. The lowest BCUT2D eigenvalue weighted by Crippen LogP contribution is -2.06. The molecule has 3 nitrogen and oxygen atoms in total. The lowest BCUT2D eigenvalue weighted by Gasteiger charge is -2.10. The van der Waals surface area contributed by atoms with Crippen LogP contribution in [-0.4, -0.2) is 20.5 Å². The number of hydrogen-bond acceptors (Lipinski definition) is 3. The maximum atomic E-state index is 11.1. The lowest BCUT2D eigenvalue weighted by molar-refractivity contribution is 0.112. The summed E-state index contributed by atoms with van der Waals surface area (Å²) in [5.74, 6) is 1.24. The van der Waals surface area contributed by atoms with Crippen molar-refractivity contribution in [2.75, 3.05) is 14.2 Å². The van der Waals surface area contributed by atoms with Crippen molar-refractivity contribution >= 4 is 37.1 Å². The van der Waals surface area contributed by atoms with Crippen molar-refractivity contribution in [2.45, 2.75) is 0 Å². The molecular formula is C15H14ClO3P. The highest BCUT2D eigenvalue weighted by molar-refractivity contribution is 7.55. The number of hydrogen-bond donors (Lipinski definition) is 0. The standard InChI is InChI=1S/C15H14ClO3P/c1-18-11-3-5-12(6-4-11)20-13-7-10(9-17)15(19-2)14(16)8-13/h3-9,20H,1-2H3. The van der Waals surface area contributed by atoms with Crippen molar-refractivity contribution in [1.29, 1.82) is 0 Å². The Morgan fingerprint density at radius 3 is 2.30 bits per heavy atom. The summed E-state index contributed by atoms with van der Waals surface area (Å²) in [5, 5.41) is 2.58. The molecule has 0 aliphatic rings. The summed E-state index contributed by atoms with van der Waals surface area (Å²) in [6, 6.07) is 11.4. The van der Waals surface area contributed by atoms with E-state index >= 15 is 0 Å². The van der Waals surface area contributed by atoms with Crippen LogP contribution in [0.3, 0.4) is 0 Å². The molecule has 0 aliphatic carbocycles. The summed E-state index contributed by atoms with van der Waals surface area (Å²) in [6.07, 6.45) is 0.757. The van der Waals surface area contributed by atoms with E-state index in [2.05, 4.69) is 0 Å². The van der Waals surface area contributed by atoms with Gasteiger partial charge in [0.25, 0.3) is 0 Å². The van der Waals surface area contributed by atoms with Crippen LogP contribution in [-0.2, 0) is 0 Å². The number of carbonyl (C=O) groups excluding carboxylic acids is 1. The molecule has 0 aromatic heterocycles. The highest BCUT2D eigenvalue weighted by atomic mass is 35.5. The minimum atomic E-state index is 0.414. The van der Waals surface area contributed by atoms with Gasteiger partial charge in [0, 0.05) is 0 Å². The minimum Gasteiger partial charge on any atom is -0.497 e. The zero-order chi connectivity index (χ0) is 14.5. The Hall–Kier alpha value is -1.57. The highest BCUT2D eigenvalue weighted by Crippen LogP contribution is 2.28. The molecule has 0 spiro atoms. The number of aldehydes is 1. The van der Waals surface area contributed by atoms with Gasteiger partial charge in [-0.1, -0.05) is 32.3 Å². The van der Waals surface area contributed by atoms with Crippen molar-refractivity contribution in [3.8, 4) is 11.5 Å². The van der Waals surface area contributed by atoms with E-state index in [1.807, 2.05) is 30.3 Å². The van der Waals surface area contributed by atoms with Gasteiger partial charge in [-0.3, -0.25) is 4.79 Å². The average molecular weight is 309 g/mol. The van der Waals surface area contributed by atoms with Crippen LogP contribution in [0.4, 0.5) is 0 Å². The van der Waals surface area contributed by atoms with E-state index < -0.39 is 0 Å². The van der Waals surface area contributed by atoms with Crippen LogP contribution in [0, 0.1) is 0 Å². The molecule has 0 aliphatic heterocycles. The second kappa shape index (κ2) is 6.74. The first-order valence-corrected chi connectivity index (χ1v) is 7.29. The molecule has 0 fully saturated rings. The fourth-order valence-electron chi connectivity index (χ4n) is 1.83. The molecule has 0 bridgehead atoms. The molecule has 2 aromatic carbocycles. The highest BCUT2D eigenvalue weighted by Gasteiger charge is 2.10. The Bertz CT molecular complexity index is 611. The smallest absolute Gasteiger partial charge is 0.153 e. The zero-order valence-corrected chi connectivity index (χ0v) is 12.9. The molecule has 2 aromatic rings. The van der Waals surface area contributed by atoms with E-state index in [1.54, 1.807) is 13.2 Å². The number of benzene rings is 2. The van der Waals surface area contributed by atoms with Gasteiger partial charge in [-0.05, 0) is 34.9 Å². The number of rotatable bonds is 5. The molecule has 0 saturated carbocycles. The number of methoxy groups -OCH3 is 2. The van der Waals surface area contributed by atoms with Crippen LogP contribution in [0.2, 0.25) is 5.02 Å². The molecule has 0 radical (unpaired) electrons. The third kappa shape index (κ3) is 3.30. The van der Waals surface area contributed by atoms with Crippen molar-refractivity contribution in [3.05, 3.63) is 47.0 Å². The lowest BCUT2D eigenvalue weighted by atomic mass is 10.2. The maximum Gasteiger partial charge on any atom is 0.153 e. The average Bonchev–Trinajstić information content (AvgIpc) is 2.47. The van der Waals surface area contributed by atoms with E-state index in [0.29, 0.717) is 24.9 Å². The Kier molecular flexibility index (Phi) is 4.99. The van der Waals surface area contributed by atoms with E-state index in [-0.39, 0.29) is 0 Å². The molecular weight excluding hydrogens is 295 g/mol. The van der Waals surface area contributed by atoms with E-state index in [1.165, 1.54) is 7.11 Å². The second-order valence-corrected chi connectivity index (χ2v) is 5.86. The maximum absolute atomic E-state index is 11.1. The Morgan fingerprint density at radius 2 is 1.75 bits per heavy atom. The normalized spacial score (nSPS) is 10.8. The van der Waals surface area contributed by atoms with Gasteiger partial charge in [-0.15, -0.1) is 0 Å². The van der Waals surface area contributed by atoms with Gasteiger partial charge in [-0.25, -0.2) is 0 Å². The van der Waals surface area contributed by atoms with Crippen LogP contribution in [0.15, 0.2) is 36.4 Å². The first-order chi connectivity index (χ1) is 9.67. The van der Waals surface area contributed by atoms with E-state index in [0.717, 1.165) is 22.6 Å². The van der Waals surface area contributed by atoms with Crippen LogP contribution in [0.25, 0.3) is 0 Å². The van der Waals surface area contributed by atoms with Crippen LogP contribution in [0.1, 0.15) is 10.4 Å². The molecule has 5 heteroatoms. The molecule has 1 atom stereocenters. The monoisotopic (exact) mass is 308 g/mol. The SMILES string of the molecule is COc1ccc(Pc2cc(Cl)c(OC)c(C=O)c2)cc1. The van der Waals surface area contributed by atoms with Crippen molar-refractivity contribution in [1.82, 2.24) is 0 Å². The predicted octanol–water partition coefficient (Wildman–Crippen LogP) is 2.80. The summed E-state index contributed by atoms with van der Waals surface area (Å²) in [7, 11) is 3.55. The summed E-state index contributed by atoms with van der Waals surface area (Å²) in [6.45, 7) is 0. The first-order valence-electron chi connectivity index (χ1n) is 5.91. The topological polar surface area (TPSA) is 35.5 Å². The van der Waals surface area contributed by atoms with Gasteiger partial charge in [0.1, 0.15) is 11.5 Å². The largest absolute Gasteiger partial charge is 0.497 e. The Morgan fingerprint density at radius 1 is 1.05 bits per heavy atom.